The van der Waals surface area contributed by atoms with Crippen molar-refractivity contribution in [2.24, 2.45) is 0 Å². The number of amides is 2. The number of sulfonamides is 1. The summed E-state index contributed by atoms with van der Waals surface area (Å²) in [6, 6.07) is 13.9. The zero-order valence-electron chi connectivity index (χ0n) is 24.0. The Kier molecular flexibility index (Phi) is 7.62. The van der Waals surface area contributed by atoms with Crippen LogP contribution in [0.15, 0.2) is 46.9 Å². The van der Waals surface area contributed by atoms with E-state index in [1.54, 1.807) is 43.3 Å². The summed E-state index contributed by atoms with van der Waals surface area (Å²) >= 11 is 0. The van der Waals surface area contributed by atoms with Gasteiger partial charge >= 0.3 is 0 Å². The first-order valence-electron chi connectivity index (χ1n) is 13.9. The molecule has 1 aromatic heterocycles. The number of carbonyl (C=O) groups excluding carboxylic acids is 2. The number of hydrogen-bond donors (Lipinski definition) is 2. The quantitative estimate of drug-likeness (QED) is 0.355. The van der Waals surface area contributed by atoms with E-state index in [0.717, 1.165) is 6.26 Å². The molecule has 13 heteroatoms. The Labute approximate surface area is 248 Å². The number of methoxy groups -OCH3 is 1. The highest BCUT2D eigenvalue weighted by Crippen LogP contribution is 2.41. The second kappa shape index (κ2) is 10.8. The van der Waals surface area contributed by atoms with Crippen molar-refractivity contribution < 1.29 is 35.9 Å². The summed E-state index contributed by atoms with van der Waals surface area (Å²) in [6.07, 6.45) is 0.329. The van der Waals surface area contributed by atoms with Crippen molar-refractivity contribution in [3.63, 3.8) is 0 Å². The molecule has 43 heavy (non-hydrogen) atoms. The van der Waals surface area contributed by atoms with Crippen molar-refractivity contribution in [1.29, 1.82) is 5.26 Å². The van der Waals surface area contributed by atoms with Crippen molar-refractivity contribution >= 4 is 38.5 Å². The maximum atomic E-state index is 14.0. The molecule has 2 N–H and O–H groups in total. The molecule has 0 saturated heterocycles. The number of nitriles is 1. The molecule has 0 unspecified atom stereocenters. The largest absolute Gasteiger partial charge is 0.495 e. The van der Waals surface area contributed by atoms with E-state index in [9.17, 15) is 32.0 Å². The summed E-state index contributed by atoms with van der Waals surface area (Å²) in [5.41, 5.74) is -0.448. The SMILES string of the molecule is CCN(c1ccc(-c2ccc3cc(C(=O)NC4(C(=O)NC5(C#N)CC5)CCC(F)(F)CC4)oc3c2)cc1OC)S(C)(=O)=O. The number of benzene rings is 2. The van der Waals surface area contributed by atoms with Gasteiger partial charge in [-0.1, -0.05) is 18.2 Å². The Hall–Kier alpha value is -4.18. The number of anilines is 1. The lowest BCUT2D eigenvalue weighted by molar-refractivity contribution is -0.133. The van der Waals surface area contributed by atoms with Gasteiger partial charge in [-0.3, -0.25) is 13.9 Å². The van der Waals surface area contributed by atoms with Crippen LogP contribution in [0.25, 0.3) is 22.1 Å². The number of fused-ring (bicyclic) bond motifs is 1. The molecule has 0 aliphatic heterocycles. The molecule has 0 atom stereocenters. The second-order valence-electron chi connectivity index (χ2n) is 11.2. The Morgan fingerprint density at radius 1 is 1.02 bits per heavy atom. The van der Waals surface area contributed by atoms with Gasteiger partial charge in [0.05, 0.1) is 25.1 Å². The lowest BCUT2D eigenvalue weighted by atomic mass is 9.78. The van der Waals surface area contributed by atoms with E-state index in [-0.39, 0.29) is 25.1 Å². The van der Waals surface area contributed by atoms with Crippen LogP contribution in [0.5, 0.6) is 5.75 Å². The molecule has 2 amide bonds. The number of carbonyl (C=O) groups is 2. The van der Waals surface area contributed by atoms with Crippen LogP contribution in [-0.4, -0.2) is 57.1 Å². The molecule has 10 nitrogen and oxygen atoms in total. The number of alkyl halides is 2. The monoisotopic (exact) mass is 614 g/mol. The first-order valence-corrected chi connectivity index (χ1v) is 15.7. The van der Waals surface area contributed by atoms with E-state index < -0.39 is 51.7 Å². The lowest BCUT2D eigenvalue weighted by Gasteiger charge is -2.39. The molecule has 2 aromatic carbocycles. The molecule has 3 aromatic rings. The number of halogens is 2. The fourth-order valence-corrected chi connectivity index (χ4v) is 6.40. The lowest BCUT2D eigenvalue weighted by Crippen LogP contribution is -2.62. The molecule has 5 rings (SSSR count). The van der Waals surface area contributed by atoms with Crippen molar-refractivity contribution in [1.82, 2.24) is 10.6 Å². The van der Waals surface area contributed by atoms with Crippen LogP contribution in [0.2, 0.25) is 0 Å². The van der Waals surface area contributed by atoms with Crippen molar-refractivity contribution in [2.75, 3.05) is 24.2 Å². The van der Waals surface area contributed by atoms with Crippen molar-refractivity contribution in [3.05, 3.63) is 48.2 Å². The predicted molar refractivity (Wildman–Crippen MR) is 155 cm³/mol. The Balaban J connectivity index is 1.41. The average Bonchev–Trinajstić information content (AvgIpc) is 3.60. The summed E-state index contributed by atoms with van der Waals surface area (Å²) < 4.78 is 65.1. The molecule has 0 spiro atoms. The van der Waals surface area contributed by atoms with Gasteiger partial charge in [-0.15, -0.1) is 0 Å². The first kappa shape index (κ1) is 30.3. The molecule has 0 radical (unpaired) electrons. The Morgan fingerprint density at radius 3 is 2.26 bits per heavy atom. The van der Waals surface area contributed by atoms with Gasteiger partial charge < -0.3 is 19.8 Å². The van der Waals surface area contributed by atoms with Crippen molar-refractivity contribution in [2.45, 2.75) is 62.4 Å². The van der Waals surface area contributed by atoms with E-state index in [4.69, 9.17) is 9.15 Å². The van der Waals surface area contributed by atoms with Gasteiger partial charge in [-0.05, 0) is 68.0 Å². The van der Waals surface area contributed by atoms with Gasteiger partial charge in [0, 0.05) is 24.8 Å². The third kappa shape index (κ3) is 6.01. The Morgan fingerprint density at radius 2 is 1.67 bits per heavy atom. The molecule has 228 valence electrons. The number of furan rings is 1. The van der Waals surface area contributed by atoms with E-state index in [0.29, 0.717) is 46.4 Å². The summed E-state index contributed by atoms with van der Waals surface area (Å²) in [5, 5.41) is 15.3. The van der Waals surface area contributed by atoms with E-state index in [1.165, 1.54) is 17.5 Å². The van der Waals surface area contributed by atoms with Gasteiger partial charge in [0.25, 0.3) is 5.91 Å². The second-order valence-corrected chi connectivity index (χ2v) is 13.1. The van der Waals surface area contributed by atoms with E-state index in [2.05, 4.69) is 16.7 Å². The highest BCUT2D eigenvalue weighted by atomic mass is 32.2. The number of nitrogens with one attached hydrogen (secondary N) is 2. The molecular weight excluding hydrogens is 582 g/mol. The van der Waals surface area contributed by atoms with Crippen LogP contribution in [0, 0.1) is 11.3 Å². The molecular formula is C30H32F2N4O6S. The summed E-state index contributed by atoms with van der Waals surface area (Å²) in [5.74, 6) is -4.07. The zero-order valence-corrected chi connectivity index (χ0v) is 24.8. The van der Waals surface area contributed by atoms with Crippen LogP contribution < -0.4 is 19.7 Å². The van der Waals surface area contributed by atoms with Crippen molar-refractivity contribution in [3.8, 4) is 22.9 Å². The molecule has 2 saturated carbocycles. The van der Waals surface area contributed by atoms with Gasteiger partial charge in [0.1, 0.15) is 22.4 Å². The fraction of sp³-hybridized carbons (Fsp3) is 0.433. The van der Waals surface area contributed by atoms with Gasteiger partial charge in [0.15, 0.2) is 5.76 Å². The van der Waals surface area contributed by atoms with Crippen LogP contribution in [0.1, 0.15) is 56.0 Å². The molecule has 0 bridgehead atoms. The zero-order chi connectivity index (χ0) is 31.2. The normalized spacial score (nSPS) is 18.3. The van der Waals surface area contributed by atoms with Gasteiger partial charge in [-0.2, -0.15) is 5.26 Å². The average molecular weight is 615 g/mol. The highest BCUT2D eigenvalue weighted by molar-refractivity contribution is 7.92. The van der Waals surface area contributed by atoms with Crippen LogP contribution in [-0.2, 0) is 14.8 Å². The maximum absolute atomic E-state index is 14.0. The highest BCUT2D eigenvalue weighted by Gasteiger charge is 2.53. The number of rotatable bonds is 9. The minimum Gasteiger partial charge on any atom is -0.495 e. The fourth-order valence-electron chi connectivity index (χ4n) is 5.43. The minimum absolute atomic E-state index is 0.0993. The third-order valence-corrected chi connectivity index (χ3v) is 9.41. The molecule has 2 aliphatic carbocycles. The summed E-state index contributed by atoms with van der Waals surface area (Å²) in [4.78, 5) is 26.6. The number of nitrogens with zero attached hydrogens (tertiary/aromatic N) is 2. The minimum atomic E-state index is -3.52. The maximum Gasteiger partial charge on any atom is 0.287 e. The summed E-state index contributed by atoms with van der Waals surface area (Å²) in [7, 11) is -2.07. The number of ether oxygens (including phenoxy) is 1. The van der Waals surface area contributed by atoms with Crippen LogP contribution >= 0.6 is 0 Å². The van der Waals surface area contributed by atoms with E-state index in [1.807, 2.05) is 0 Å². The predicted octanol–water partition coefficient (Wildman–Crippen LogP) is 4.74. The standard InChI is InChI=1S/C30H32F2N4O6S/c1-4-36(43(3,39)40)22-8-7-20(16-24(22)41-2)19-5-6-21-17-25(42-23(21)15-19)26(37)34-29(11-13-30(31,32)14-12-29)27(38)35-28(18-33)9-10-28/h5-8,15-17H,4,9-14H2,1-3H3,(H,34,37)(H,35,38). The topological polar surface area (TPSA) is 142 Å². The van der Waals surface area contributed by atoms with E-state index >= 15 is 0 Å². The van der Waals surface area contributed by atoms with Gasteiger partial charge in [0.2, 0.25) is 21.9 Å². The van der Waals surface area contributed by atoms with Crippen LogP contribution in [0.4, 0.5) is 14.5 Å². The van der Waals surface area contributed by atoms with Crippen LogP contribution in [0.3, 0.4) is 0 Å². The number of hydrogen-bond acceptors (Lipinski definition) is 7. The Bertz CT molecular complexity index is 1730. The van der Waals surface area contributed by atoms with Gasteiger partial charge in [-0.25, -0.2) is 17.2 Å². The smallest absolute Gasteiger partial charge is 0.287 e. The molecule has 2 fully saturated rings. The third-order valence-electron chi connectivity index (χ3n) is 8.15. The molecule has 1 heterocycles. The molecule has 2 aliphatic rings. The summed E-state index contributed by atoms with van der Waals surface area (Å²) in [6.45, 7) is 1.95. The first-order chi connectivity index (χ1) is 20.2.